The average molecular weight is 398 g/mol. The van der Waals surface area contributed by atoms with Crippen LogP contribution in [0.25, 0.3) is 5.52 Å². The van der Waals surface area contributed by atoms with Crippen LogP contribution in [-0.4, -0.2) is 50.7 Å². The van der Waals surface area contributed by atoms with Crippen molar-refractivity contribution in [2.75, 3.05) is 18.8 Å². The quantitative estimate of drug-likeness (QED) is 0.431. The number of benzene rings is 1. The van der Waals surface area contributed by atoms with E-state index in [-0.39, 0.29) is 5.75 Å². The molecule has 29 heavy (non-hydrogen) atoms. The van der Waals surface area contributed by atoms with Crippen LogP contribution in [-0.2, 0) is 6.54 Å². The lowest BCUT2D eigenvalue weighted by molar-refractivity contribution is 0.198. The summed E-state index contributed by atoms with van der Waals surface area (Å²) in [6, 6.07) is 6.61. The van der Waals surface area contributed by atoms with Gasteiger partial charge >= 0.3 is 7.05 Å². The van der Waals surface area contributed by atoms with E-state index in [0.29, 0.717) is 29.7 Å². The second kappa shape index (κ2) is 8.36. The van der Waals surface area contributed by atoms with Gasteiger partial charge in [-0.05, 0) is 56.5 Å². The first-order chi connectivity index (χ1) is 14.0. The largest absolute Gasteiger partial charge is 0.437 e. The van der Waals surface area contributed by atoms with Crippen molar-refractivity contribution < 1.29 is 14.2 Å². The maximum atomic E-state index is 14.2. The lowest BCUT2D eigenvalue weighted by Crippen LogP contribution is -2.46. The van der Waals surface area contributed by atoms with E-state index in [1.54, 1.807) is 17.4 Å². The van der Waals surface area contributed by atoms with Gasteiger partial charge in [0.25, 0.3) is 0 Å². The number of fused-ring (bicyclic) bond motifs is 1. The molecule has 152 valence electrons. The van der Waals surface area contributed by atoms with Crippen molar-refractivity contribution in [3.8, 4) is 11.6 Å². The summed E-state index contributed by atoms with van der Waals surface area (Å²) in [7, 11) is -0.493. The summed E-state index contributed by atoms with van der Waals surface area (Å²) in [5, 5.41) is 16.9. The summed E-state index contributed by atoms with van der Waals surface area (Å²) in [4.78, 5) is 6.57. The van der Waals surface area contributed by atoms with Gasteiger partial charge in [-0.25, -0.2) is 8.91 Å². The highest BCUT2D eigenvalue weighted by molar-refractivity contribution is 6.45. The molecule has 0 radical (unpaired) electrons. The van der Waals surface area contributed by atoms with Crippen LogP contribution < -0.4 is 15.7 Å². The van der Waals surface area contributed by atoms with Gasteiger partial charge in [0.15, 0.2) is 11.6 Å². The van der Waals surface area contributed by atoms with E-state index in [0.717, 1.165) is 31.5 Å². The van der Waals surface area contributed by atoms with Crippen LogP contribution in [0.5, 0.6) is 11.6 Å². The number of likely N-dealkylation sites (tertiary alicyclic amines) is 1. The van der Waals surface area contributed by atoms with Gasteiger partial charge in [0.1, 0.15) is 11.8 Å². The molecule has 8 nitrogen and oxygen atoms in total. The van der Waals surface area contributed by atoms with E-state index in [9.17, 15) is 9.41 Å². The van der Waals surface area contributed by atoms with Crippen LogP contribution in [0.3, 0.4) is 0 Å². The number of ether oxygens (including phenoxy) is 1. The SMILES string of the molecule is CB(O)NC1CCN(Cc2ccn3ncnc(Oc4ccc(N)cc4F)c23)CC1. The minimum Gasteiger partial charge on any atom is -0.437 e. The minimum absolute atomic E-state index is 0.0666. The number of piperidine rings is 1. The lowest BCUT2D eigenvalue weighted by Gasteiger charge is -2.32. The fraction of sp³-hybridized carbons (Fsp3) is 0.368. The fourth-order valence-corrected chi connectivity index (χ4v) is 3.73. The number of hydrogen-bond acceptors (Lipinski definition) is 7. The van der Waals surface area contributed by atoms with Crippen molar-refractivity contribution in [1.29, 1.82) is 0 Å². The van der Waals surface area contributed by atoms with Crippen LogP contribution in [0.1, 0.15) is 18.4 Å². The van der Waals surface area contributed by atoms with E-state index < -0.39 is 12.9 Å². The summed E-state index contributed by atoms with van der Waals surface area (Å²) >= 11 is 0. The zero-order chi connectivity index (χ0) is 20.4. The monoisotopic (exact) mass is 398 g/mol. The zero-order valence-corrected chi connectivity index (χ0v) is 16.3. The summed E-state index contributed by atoms with van der Waals surface area (Å²) in [6.45, 7) is 4.29. The molecule has 3 heterocycles. The van der Waals surface area contributed by atoms with Crippen LogP contribution in [0.15, 0.2) is 36.8 Å². The molecule has 3 aromatic rings. The van der Waals surface area contributed by atoms with Crippen LogP contribution in [0.2, 0.25) is 6.82 Å². The maximum absolute atomic E-state index is 14.2. The maximum Gasteiger partial charge on any atom is 0.373 e. The molecule has 1 aliphatic rings. The van der Waals surface area contributed by atoms with Gasteiger partial charge in [0.05, 0.1) is 0 Å². The normalized spacial score (nSPS) is 15.7. The van der Waals surface area contributed by atoms with E-state index in [1.165, 1.54) is 18.5 Å². The third-order valence-electron chi connectivity index (χ3n) is 5.12. The van der Waals surface area contributed by atoms with Crippen molar-refractivity contribution in [2.45, 2.75) is 32.3 Å². The minimum atomic E-state index is -0.539. The predicted molar refractivity (Wildman–Crippen MR) is 109 cm³/mol. The summed E-state index contributed by atoms with van der Waals surface area (Å²) < 4.78 is 21.6. The van der Waals surface area contributed by atoms with Crippen molar-refractivity contribution in [3.05, 3.63) is 48.2 Å². The molecule has 10 heteroatoms. The number of halogens is 1. The smallest absolute Gasteiger partial charge is 0.373 e. The number of anilines is 1. The number of nitrogens with zero attached hydrogens (tertiary/aromatic N) is 4. The molecule has 4 N–H and O–H groups in total. The molecule has 1 aromatic carbocycles. The van der Waals surface area contributed by atoms with E-state index in [4.69, 9.17) is 10.5 Å². The first-order valence-electron chi connectivity index (χ1n) is 9.70. The Labute approximate surface area is 168 Å². The highest BCUT2D eigenvalue weighted by Crippen LogP contribution is 2.30. The molecule has 0 saturated carbocycles. The number of aromatic nitrogens is 3. The summed E-state index contributed by atoms with van der Waals surface area (Å²) in [5.41, 5.74) is 7.67. The Hall–Kier alpha value is -2.69. The first kappa shape index (κ1) is 19.6. The third kappa shape index (κ3) is 4.50. The van der Waals surface area contributed by atoms with Gasteiger partial charge in [-0.2, -0.15) is 10.1 Å². The first-order valence-corrected chi connectivity index (χ1v) is 9.70. The molecule has 0 aliphatic carbocycles. The molecule has 0 amide bonds. The second-order valence-corrected chi connectivity index (χ2v) is 7.38. The van der Waals surface area contributed by atoms with Crippen molar-refractivity contribution in [1.82, 2.24) is 24.7 Å². The van der Waals surface area contributed by atoms with Crippen LogP contribution in [0.4, 0.5) is 10.1 Å². The fourth-order valence-electron chi connectivity index (χ4n) is 3.73. The summed E-state index contributed by atoms with van der Waals surface area (Å²) in [5.74, 6) is -0.172. The lowest BCUT2D eigenvalue weighted by atomic mass is 9.85. The highest BCUT2D eigenvalue weighted by atomic mass is 19.1. The van der Waals surface area contributed by atoms with Gasteiger partial charge in [-0.1, -0.05) is 0 Å². The standard InChI is InChI=1S/C19H24BFN6O2/c1-20(28)25-15-5-7-26(8-6-15)11-13-4-9-27-18(13)19(23-12-24-27)29-17-3-2-14(22)10-16(17)21/h2-4,9-10,12,15,25,28H,5-8,11,22H2,1H3. The molecule has 0 spiro atoms. The molecule has 0 unspecified atom stereocenters. The van der Waals surface area contributed by atoms with Crippen molar-refractivity contribution in [3.63, 3.8) is 0 Å². The van der Waals surface area contributed by atoms with Gasteiger partial charge in [0.2, 0.25) is 5.88 Å². The van der Waals surface area contributed by atoms with Crippen molar-refractivity contribution in [2.24, 2.45) is 0 Å². The number of nitrogen functional groups attached to an aromatic ring is 1. The van der Waals surface area contributed by atoms with E-state index >= 15 is 0 Å². The highest BCUT2D eigenvalue weighted by Gasteiger charge is 2.22. The third-order valence-corrected chi connectivity index (χ3v) is 5.12. The van der Waals surface area contributed by atoms with Crippen LogP contribution in [0, 0.1) is 5.82 Å². The van der Waals surface area contributed by atoms with Gasteiger partial charge in [0, 0.05) is 30.5 Å². The molecule has 0 bridgehead atoms. The number of nitrogens with one attached hydrogen (secondary N) is 1. The zero-order valence-electron chi connectivity index (χ0n) is 16.3. The topological polar surface area (TPSA) is 101 Å². The Morgan fingerprint density at radius 1 is 1.34 bits per heavy atom. The Morgan fingerprint density at radius 2 is 2.14 bits per heavy atom. The molecule has 2 aromatic heterocycles. The Kier molecular flexibility index (Phi) is 5.66. The Bertz CT molecular complexity index is 990. The van der Waals surface area contributed by atoms with Gasteiger partial charge in [-0.3, -0.25) is 4.90 Å². The van der Waals surface area contributed by atoms with E-state index in [2.05, 4.69) is 20.2 Å². The van der Waals surface area contributed by atoms with E-state index in [1.807, 2.05) is 12.3 Å². The number of nitrogens with two attached hydrogens (primary N) is 1. The molecular formula is C19H24BFN6O2. The van der Waals surface area contributed by atoms with Crippen LogP contribution >= 0.6 is 0 Å². The Balaban J connectivity index is 1.52. The molecule has 4 rings (SSSR count). The average Bonchev–Trinajstić information content (AvgIpc) is 3.09. The molecule has 1 saturated heterocycles. The number of rotatable bonds is 6. The predicted octanol–water partition coefficient (Wildman–Crippen LogP) is 1.91. The molecular weight excluding hydrogens is 374 g/mol. The van der Waals surface area contributed by atoms with Gasteiger partial charge in [-0.15, -0.1) is 0 Å². The number of hydrogen-bond donors (Lipinski definition) is 3. The van der Waals surface area contributed by atoms with Gasteiger partial charge < -0.3 is 20.7 Å². The molecule has 1 aliphatic heterocycles. The Morgan fingerprint density at radius 3 is 2.86 bits per heavy atom. The summed E-state index contributed by atoms with van der Waals surface area (Å²) in [6.07, 6.45) is 5.16. The second-order valence-electron chi connectivity index (χ2n) is 7.38. The van der Waals surface area contributed by atoms with Crippen molar-refractivity contribution >= 4 is 18.3 Å². The molecule has 1 fully saturated rings. The molecule has 0 atom stereocenters.